The number of fused-ring (bicyclic) bond motifs is 1. The number of carbonyl (C=O) groups excluding carboxylic acids is 1. The molecule has 0 atom stereocenters. The quantitative estimate of drug-likeness (QED) is 0.542. The van der Waals surface area contributed by atoms with Crippen molar-refractivity contribution < 1.29 is 22.4 Å². The number of benzene rings is 1. The van der Waals surface area contributed by atoms with Crippen molar-refractivity contribution in [2.24, 2.45) is 0 Å². The average Bonchev–Trinajstić information content (AvgIpc) is 3.29. The monoisotopic (exact) mass is 402 g/mol. The van der Waals surface area contributed by atoms with Gasteiger partial charge in [-0.05, 0) is 30.3 Å². The molecular formula is C18H13F3N6O2. The summed E-state index contributed by atoms with van der Waals surface area (Å²) < 4.78 is 46.0. The first-order valence-corrected chi connectivity index (χ1v) is 8.30. The lowest BCUT2D eigenvalue weighted by Gasteiger charge is -2.09. The molecule has 0 saturated carbocycles. The van der Waals surface area contributed by atoms with Gasteiger partial charge in [0, 0.05) is 12.4 Å². The molecule has 29 heavy (non-hydrogen) atoms. The maximum Gasteiger partial charge on any atom is 0.416 e. The molecule has 0 bridgehead atoms. The predicted octanol–water partition coefficient (Wildman–Crippen LogP) is 3.32. The fraction of sp³-hybridized carbons (Fsp3) is 0.111. The van der Waals surface area contributed by atoms with Crippen molar-refractivity contribution in [1.82, 2.24) is 19.5 Å². The van der Waals surface area contributed by atoms with Gasteiger partial charge in [0.05, 0.1) is 29.4 Å². The van der Waals surface area contributed by atoms with E-state index in [1.165, 1.54) is 29.3 Å². The first kappa shape index (κ1) is 18.5. The van der Waals surface area contributed by atoms with Gasteiger partial charge < -0.3 is 14.7 Å². The number of rotatable bonds is 4. The number of aromatic nitrogens is 4. The molecule has 148 valence electrons. The number of nitrogens with two attached hydrogens (primary N) is 1. The number of anilines is 2. The third-order valence-corrected chi connectivity index (χ3v) is 4.14. The fourth-order valence-electron chi connectivity index (χ4n) is 2.80. The SMILES string of the molecule is Nc1nccnc1C(=O)Nc1nc2cc(C(F)(F)F)ccc2n1Cc1ccco1. The summed E-state index contributed by atoms with van der Waals surface area (Å²) in [6.45, 7) is 0.139. The Kier molecular flexibility index (Phi) is 4.41. The van der Waals surface area contributed by atoms with Crippen molar-refractivity contribution in [2.45, 2.75) is 12.7 Å². The van der Waals surface area contributed by atoms with Crippen molar-refractivity contribution in [3.63, 3.8) is 0 Å². The van der Waals surface area contributed by atoms with Crippen LogP contribution in [0.3, 0.4) is 0 Å². The zero-order valence-electron chi connectivity index (χ0n) is 14.6. The third-order valence-electron chi connectivity index (χ3n) is 4.14. The van der Waals surface area contributed by atoms with Gasteiger partial charge in [0.15, 0.2) is 11.5 Å². The molecule has 3 heterocycles. The molecule has 4 aromatic rings. The van der Waals surface area contributed by atoms with Crippen LogP contribution in [-0.4, -0.2) is 25.4 Å². The van der Waals surface area contributed by atoms with Gasteiger partial charge in [-0.1, -0.05) is 0 Å². The molecular weight excluding hydrogens is 389 g/mol. The number of furan rings is 1. The minimum atomic E-state index is -4.52. The van der Waals surface area contributed by atoms with Crippen LogP contribution in [0.5, 0.6) is 0 Å². The molecule has 0 aliphatic rings. The Hall–Kier alpha value is -3.89. The van der Waals surface area contributed by atoms with Crippen molar-refractivity contribution in [1.29, 1.82) is 0 Å². The van der Waals surface area contributed by atoms with Crippen LogP contribution in [0.15, 0.2) is 53.4 Å². The molecule has 0 fully saturated rings. The molecule has 0 aliphatic carbocycles. The van der Waals surface area contributed by atoms with E-state index in [1.54, 1.807) is 12.1 Å². The van der Waals surface area contributed by atoms with Crippen LogP contribution >= 0.6 is 0 Å². The van der Waals surface area contributed by atoms with Gasteiger partial charge in [-0.2, -0.15) is 13.2 Å². The Bertz CT molecular complexity index is 1180. The maximum atomic E-state index is 13.1. The average molecular weight is 402 g/mol. The lowest BCUT2D eigenvalue weighted by atomic mass is 10.2. The molecule has 0 saturated heterocycles. The molecule has 1 amide bonds. The van der Waals surface area contributed by atoms with Crippen LogP contribution in [0.25, 0.3) is 11.0 Å². The number of halogens is 3. The Morgan fingerprint density at radius 3 is 2.69 bits per heavy atom. The number of amides is 1. The molecule has 3 N–H and O–H groups in total. The normalized spacial score (nSPS) is 11.7. The number of imidazole rings is 1. The molecule has 1 aromatic carbocycles. The van der Waals surface area contributed by atoms with Crippen LogP contribution in [0.2, 0.25) is 0 Å². The van der Waals surface area contributed by atoms with E-state index in [9.17, 15) is 18.0 Å². The number of hydrogen-bond acceptors (Lipinski definition) is 6. The third kappa shape index (κ3) is 3.61. The van der Waals surface area contributed by atoms with Crippen LogP contribution in [-0.2, 0) is 12.7 Å². The lowest BCUT2D eigenvalue weighted by Crippen LogP contribution is -2.19. The fourth-order valence-corrected chi connectivity index (χ4v) is 2.80. The minimum absolute atomic E-state index is 0.0192. The number of hydrogen-bond donors (Lipinski definition) is 2. The van der Waals surface area contributed by atoms with Crippen molar-refractivity contribution in [3.8, 4) is 0 Å². The van der Waals surface area contributed by atoms with E-state index in [-0.39, 0.29) is 29.5 Å². The van der Waals surface area contributed by atoms with E-state index in [4.69, 9.17) is 10.2 Å². The van der Waals surface area contributed by atoms with E-state index < -0.39 is 17.6 Å². The van der Waals surface area contributed by atoms with Crippen LogP contribution < -0.4 is 11.1 Å². The minimum Gasteiger partial charge on any atom is -0.467 e. The van der Waals surface area contributed by atoms with Gasteiger partial charge in [0.25, 0.3) is 5.91 Å². The van der Waals surface area contributed by atoms with E-state index in [2.05, 4.69) is 20.3 Å². The summed E-state index contributed by atoms with van der Waals surface area (Å²) in [6, 6.07) is 6.53. The topological polar surface area (TPSA) is 112 Å². The first-order valence-electron chi connectivity index (χ1n) is 8.30. The second kappa shape index (κ2) is 6.93. The highest BCUT2D eigenvalue weighted by molar-refractivity contribution is 6.05. The predicted molar refractivity (Wildman–Crippen MR) is 96.9 cm³/mol. The van der Waals surface area contributed by atoms with E-state index in [0.717, 1.165) is 12.1 Å². The number of nitrogen functional groups attached to an aromatic ring is 1. The number of carbonyl (C=O) groups is 1. The summed E-state index contributed by atoms with van der Waals surface area (Å²) in [7, 11) is 0. The Morgan fingerprint density at radius 1 is 1.21 bits per heavy atom. The standard InChI is InChI=1S/C18H13F3N6O2/c19-18(20,21)10-3-4-13-12(8-10)25-17(27(13)9-11-2-1-7-29-11)26-16(28)14-15(22)24-6-5-23-14/h1-8H,9H2,(H2,22,24)(H,25,26,28). The van der Waals surface area contributed by atoms with Crippen molar-refractivity contribution >= 4 is 28.7 Å². The summed E-state index contributed by atoms with van der Waals surface area (Å²) in [5.41, 5.74) is 5.14. The van der Waals surface area contributed by atoms with Crippen molar-refractivity contribution in [2.75, 3.05) is 11.1 Å². The van der Waals surface area contributed by atoms with Gasteiger partial charge in [-0.3, -0.25) is 10.1 Å². The van der Waals surface area contributed by atoms with E-state index in [1.807, 2.05) is 0 Å². The highest BCUT2D eigenvalue weighted by Crippen LogP contribution is 2.32. The Balaban J connectivity index is 1.78. The largest absolute Gasteiger partial charge is 0.467 e. The van der Waals surface area contributed by atoms with Crippen LogP contribution in [0.4, 0.5) is 24.9 Å². The number of nitrogens with one attached hydrogen (secondary N) is 1. The summed E-state index contributed by atoms with van der Waals surface area (Å²) in [5.74, 6) is -0.231. The molecule has 0 aliphatic heterocycles. The molecule has 3 aromatic heterocycles. The Morgan fingerprint density at radius 2 is 2.00 bits per heavy atom. The number of nitrogens with zero attached hydrogens (tertiary/aromatic N) is 4. The highest BCUT2D eigenvalue weighted by Gasteiger charge is 2.31. The highest BCUT2D eigenvalue weighted by atomic mass is 19.4. The Labute approximate surface area is 161 Å². The van der Waals surface area contributed by atoms with Gasteiger partial charge in [-0.25, -0.2) is 15.0 Å². The van der Waals surface area contributed by atoms with E-state index in [0.29, 0.717) is 11.3 Å². The first-order chi connectivity index (χ1) is 13.8. The van der Waals surface area contributed by atoms with Crippen molar-refractivity contribution in [3.05, 3.63) is 66.0 Å². The van der Waals surface area contributed by atoms with E-state index >= 15 is 0 Å². The molecule has 11 heteroatoms. The maximum absolute atomic E-state index is 13.1. The summed E-state index contributed by atoms with van der Waals surface area (Å²) >= 11 is 0. The zero-order chi connectivity index (χ0) is 20.6. The smallest absolute Gasteiger partial charge is 0.416 e. The van der Waals surface area contributed by atoms with Gasteiger partial charge in [0.1, 0.15) is 5.76 Å². The second-order valence-corrected chi connectivity index (χ2v) is 6.05. The molecule has 8 nitrogen and oxygen atoms in total. The lowest BCUT2D eigenvalue weighted by molar-refractivity contribution is -0.137. The second-order valence-electron chi connectivity index (χ2n) is 6.05. The molecule has 0 unspecified atom stereocenters. The summed E-state index contributed by atoms with van der Waals surface area (Å²) in [6.07, 6.45) is -0.422. The molecule has 0 radical (unpaired) electrons. The number of alkyl halides is 3. The van der Waals surface area contributed by atoms with Gasteiger partial charge in [0.2, 0.25) is 5.95 Å². The molecule has 0 spiro atoms. The van der Waals surface area contributed by atoms with Gasteiger partial charge >= 0.3 is 6.18 Å². The van der Waals surface area contributed by atoms with Crippen LogP contribution in [0, 0.1) is 0 Å². The summed E-state index contributed by atoms with van der Waals surface area (Å²) in [5, 5.41) is 2.54. The van der Waals surface area contributed by atoms with Gasteiger partial charge in [-0.15, -0.1) is 0 Å². The summed E-state index contributed by atoms with van der Waals surface area (Å²) in [4.78, 5) is 24.4. The molecule has 4 rings (SSSR count). The van der Waals surface area contributed by atoms with Crippen LogP contribution in [0.1, 0.15) is 21.8 Å². The zero-order valence-corrected chi connectivity index (χ0v) is 14.6.